The molecule has 0 amide bonds. The average Bonchev–Trinajstić information content (AvgIpc) is 2.13. The van der Waals surface area contributed by atoms with Gasteiger partial charge in [0.15, 0.2) is 0 Å². The van der Waals surface area contributed by atoms with Crippen LogP contribution in [0.2, 0.25) is 0 Å². The van der Waals surface area contributed by atoms with Crippen molar-refractivity contribution in [2.45, 2.75) is 25.8 Å². The highest BCUT2D eigenvalue weighted by Gasteiger charge is 2.23. The molecule has 1 atom stereocenters. The number of nitrogens with zero attached hydrogens (tertiary/aromatic N) is 3. The highest BCUT2D eigenvalue weighted by Crippen LogP contribution is 2.06. The Labute approximate surface area is 83.2 Å². The van der Waals surface area contributed by atoms with Crippen molar-refractivity contribution in [2.75, 3.05) is 13.1 Å². The molecule has 0 saturated carbocycles. The van der Waals surface area contributed by atoms with Gasteiger partial charge in [0.25, 0.3) is 0 Å². The lowest BCUT2D eigenvalue weighted by atomic mass is 10.1. The smallest absolute Gasteiger partial charge is 0.320 e. The molecule has 0 aromatic rings. The van der Waals surface area contributed by atoms with E-state index in [2.05, 4.69) is 0 Å². The van der Waals surface area contributed by atoms with E-state index in [-0.39, 0.29) is 13.1 Å². The highest BCUT2D eigenvalue weighted by atomic mass is 16.4. The number of nitriles is 2. The maximum Gasteiger partial charge on any atom is 0.320 e. The van der Waals surface area contributed by atoms with E-state index in [0.29, 0.717) is 12.8 Å². The van der Waals surface area contributed by atoms with Gasteiger partial charge in [-0.15, -0.1) is 0 Å². The molecule has 76 valence electrons. The number of carboxylic acid groups (broad SMARTS) is 1. The minimum atomic E-state index is -0.975. The molecule has 0 rings (SSSR count). The Morgan fingerprint density at radius 2 is 1.93 bits per heavy atom. The maximum absolute atomic E-state index is 10.8. The van der Waals surface area contributed by atoms with Crippen LogP contribution in [-0.4, -0.2) is 35.1 Å². The predicted octanol–water partition coefficient (Wildman–Crippen LogP) is 0.589. The van der Waals surface area contributed by atoms with Gasteiger partial charge in [-0.25, -0.2) is 0 Å². The minimum Gasteiger partial charge on any atom is -0.480 e. The Morgan fingerprint density at radius 3 is 2.21 bits per heavy atom. The zero-order valence-electron chi connectivity index (χ0n) is 8.10. The van der Waals surface area contributed by atoms with E-state index in [9.17, 15) is 4.79 Å². The quantitative estimate of drug-likeness (QED) is 0.626. The van der Waals surface area contributed by atoms with E-state index in [4.69, 9.17) is 15.6 Å². The Balaban J connectivity index is 4.48. The molecule has 0 spiro atoms. The summed E-state index contributed by atoms with van der Waals surface area (Å²) in [5, 5.41) is 25.8. The lowest BCUT2D eigenvalue weighted by Crippen LogP contribution is -2.41. The Bertz CT molecular complexity index is 248. The summed E-state index contributed by atoms with van der Waals surface area (Å²) in [5.74, 6) is -0.975. The van der Waals surface area contributed by atoms with Crippen LogP contribution < -0.4 is 0 Å². The molecule has 0 aromatic carbocycles. The van der Waals surface area contributed by atoms with Crippen LogP contribution in [0.4, 0.5) is 0 Å². The molecule has 14 heavy (non-hydrogen) atoms. The van der Waals surface area contributed by atoms with Crippen LogP contribution in [-0.2, 0) is 4.79 Å². The van der Waals surface area contributed by atoms with Gasteiger partial charge in [-0.05, 0) is 6.42 Å². The van der Waals surface area contributed by atoms with Gasteiger partial charge >= 0.3 is 5.97 Å². The summed E-state index contributed by atoms with van der Waals surface area (Å²) in [6.45, 7) is 1.82. The minimum absolute atomic E-state index is 0.0233. The van der Waals surface area contributed by atoms with Crippen molar-refractivity contribution in [1.29, 1.82) is 10.5 Å². The fourth-order valence-electron chi connectivity index (χ4n) is 1.19. The molecular formula is C9H13N3O2. The summed E-state index contributed by atoms with van der Waals surface area (Å²) in [6.07, 6.45) is 1.17. The third kappa shape index (κ3) is 3.88. The molecule has 0 bridgehead atoms. The molecule has 0 saturated heterocycles. The largest absolute Gasteiger partial charge is 0.480 e. The molecule has 0 heterocycles. The van der Waals surface area contributed by atoms with Crippen molar-refractivity contribution in [1.82, 2.24) is 4.90 Å². The monoisotopic (exact) mass is 195 g/mol. The Morgan fingerprint density at radius 1 is 1.43 bits per heavy atom. The van der Waals surface area contributed by atoms with Crippen LogP contribution in [0.25, 0.3) is 0 Å². The SMILES string of the molecule is CCCC(C(=O)O)N(CC#N)CC#N. The normalized spacial score (nSPS) is 11.7. The predicted molar refractivity (Wildman–Crippen MR) is 49.1 cm³/mol. The summed E-state index contributed by atoms with van der Waals surface area (Å²) in [5.41, 5.74) is 0. The average molecular weight is 195 g/mol. The van der Waals surface area contributed by atoms with Crippen LogP contribution in [0.15, 0.2) is 0 Å². The molecule has 0 aromatic heterocycles. The molecule has 0 aliphatic heterocycles. The van der Waals surface area contributed by atoms with Crippen molar-refractivity contribution in [3.63, 3.8) is 0 Å². The first-order valence-corrected chi connectivity index (χ1v) is 4.38. The molecule has 1 N–H and O–H groups in total. The zero-order valence-corrected chi connectivity index (χ0v) is 8.10. The summed E-state index contributed by atoms with van der Waals surface area (Å²) >= 11 is 0. The first kappa shape index (κ1) is 12.4. The summed E-state index contributed by atoms with van der Waals surface area (Å²) in [6, 6.07) is 2.99. The summed E-state index contributed by atoms with van der Waals surface area (Å²) in [4.78, 5) is 12.2. The molecular weight excluding hydrogens is 182 g/mol. The summed E-state index contributed by atoms with van der Waals surface area (Å²) < 4.78 is 0. The summed E-state index contributed by atoms with van der Waals surface area (Å²) in [7, 11) is 0. The second kappa shape index (κ2) is 6.88. The topological polar surface area (TPSA) is 88.1 Å². The molecule has 1 unspecified atom stereocenters. The van der Waals surface area contributed by atoms with Crippen LogP contribution in [0.3, 0.4) is 0 Å². The van der Waals surface area contributed by atoms with Crippen LogP contribution in [0.1, 0.15) is 19.8 Å². The fourth-order valence-corrected chi connectivity index (χ4v) is 1.19. The number of hydrogen-bond acceptors (Lipinski definition) is 4. The first-order chi connectivity index (χ1) is 6.67. The van der Waals surface area contributed by atoms with E-state index in [0.717, 1.165) is 0 Å². The lowest BCUT2D eigenvalue weighted by molar-refractivity contribution is -0.143. The molecule has 0 aliphatic carbocycles. The standard InChI is InChI=1S/C9H13N3O2/c1-2-3-8(9(13)14)12(6-4-10)7-5-11/h8H,2-3,6-7H2,1H3,(H,13,14). The zero-order chi connectivity index (χ0) is 11.0. The van der Waals surface area contributed by atoms with Crippen molar-refractivity contribution in [3.8, 4) is 12.1 Å². The third-order valence-electron chi connectivity index (χ3n) is 1.84. The van der Waals surface area contributed by atoms with Gasteiger partial charge in [0.05, 0.1) is 25.2 Å². The Kier molecular flexibility index (Phi) is 6.09. The second-order valence-corrected chi connectivity index (χ2v) is 2.86. The van der Waals surface area contributed by atoms with Gasteiger partial charge in [0.2, 0.25) is 0 Å². The molecule has 0 radical (unpaired) electrons. The Hall–Kier alpha value is -1.59. The highest BCUT2D eigenvalue weighted by molar-refractivity contribution is 5.73. The first-order valence-electron chi connectivity index (χ1n) is 4.38. The number of hydrogen-bond donors (Lipinski definition) is 1. The van der Waals surface area contributed by atoms with Crippen molar-refractivity contribution < 1.29 is 9.90 Å². The van der Waals surface area contributed by atoms with Gasteiger partial charge in [-0.2, -0.15) is 10.5 Å². The van der Waals surface area contributed by atoms with Gasteiger partial charge in [-0.3, -0.25) is 9.69 Å². The number of carbonyl (C=O) groups is 1. The van der Waals surface area contributed by atoms with Crippen LogP contribution in [0, 0.1) is 22.7 Å². The third-order valence-corrected chi connectivity index (χ3v) is 1.84. The number of aliphatic carboxylic acids is 1. The fraction of sp³-hybridized carbons (Fsp3) is 0.667. The van der Waals surface area contributed by atoms with Crippen molar-refractivity contribution in [2.24, 2.45) is 0 Å². The number of rotatable bonds is 6. The van der Waals surface area contributed by atoms with E-state index in [1.807, 2.05) is 19.1 Å². The van der Waals surface area contributed by atoms with E-state index < -0.39 is 12.0 Å². The van der Waals surface area contributed by atoms with Gasteiger partial charge in [0, 0.05) is 0 Å². The van der Waals surface area contributed by atoms with E-state index >= 15 is 0 Å². The molecule has 0 fully saturated rings. The molecule has 5 nitrogen and oxygen atoms in total. The second-order valence-electron chi connectivity index (χ2n) is 2.86. The van der Waals surface area contributed by atoms with Crippen LogP contribution in [0.5, 0.6) is 0 Å². The van der Waals surface area contributed by atoms with E-state index in [1.165, 1.54) is 4.90 Å². The van der Waals surface area contributed by atoms with Crippen LogP contribution >= 0.6 is 0 Å². The molecule has 5 heteroatoms. The number of carboxylic acids is 1. The van der Waals surface area contributed by atoms with Gasteiger partial charge in [-0.1, -0.05) is 13.3 Å². The van der Waals surface area contributed by atoms with E-state index in [1.54, 1.807) is 0 Å². The van der Waals surface area contributed by atoms with Crippen molar-refractivity contribution in [3.05, 3.63) is 0 Å². The molecule has 0 aliphatic rings. The maximum atomic E-state index is 10.8. The lowest BCUT2D eigenvalue weighted by Gasteiger charge is -2.23. The van der Waals surface area contributed by atoms with Crippen molar-refractivity contribution >= 4 is 5.97 Å². The van der Waals surface area contributed by atoms with Gasteiger partial charge in [0.1, 0.15) is 6.04 Å². The van der Waals surface area contributed by atoms with Gasteiger partial charge < -0.3 is 5.11 Å².